The third-order valence-electron chi connectivity index (χ3n) is 2.75. The molecule has 1 aliphatic heterocycles. The molecule has 1 fully saturated rings. The van der Waals surface area contributed by atoms with Gasteiger partial charge in [-0.15, -0.1) is 0 Å². The summed E-state index contributed by atoms with van der Waals surface area (Å²) in [4.78, 5) is 0. The van der Waals surface area contributed by atoms with E-state index in [0.29, 0.717) is 19.8 Å². The van der Waals surface area contributed by atoms with Gasteiger partial charge in [0.1, 0.15) is 6.10 Å². The van der Waals surface area contributed by atoms with Crippen LogP contribution in [-0.2, 0) is 9.47 Å². The third kappa shape index (κ3) is 2.83. The maximum Gasteiger partial charge on any atom is 0.100 e. The topological polar surface area (TPSA) is 30.5 Å². The van der Waals surface area contributed by atoms with Crippen LogP contribution in [0.1, 0.15) is 11.6 Å². The van der Waals surface area contributed by atoms with Crippen LogP contribution in [0.15, 0.2) is 28.7 Å². The van der Waals surface area contributed by atoms with Crippen molar-refractivity contribution in [3.63, 3.8) is 0 Å². The minimum absolute atomic E-state index is 0.0972. The Morgan fingerprint density at radius 1 is 1.31 bits per heavy atom. The molecule has 1 aliphatic rings. The van der Waals surface area contributed by atoms with Crippen LogP contribution in [0.25, 0.3) is 0 Å². The van der Waals surface area contributed by atoms with E-state index in [-0.39, 0.29) is 12.1 Å². The Balaban J connectivity index is 2.11. The van der Waals surface area contributed by atoms with Crippen LogP contribution in [0.3, 0.4) is 0 Å². The Bertz CT molecular complexity index is 322. The third-order valence-corrected chi connectivity index (χ3v) is 3.28. The van der Waals surface area contributed by atoms with E-state index in [1.807, 2.05) is 19.2 Å². The lowest BCUT2D eigenvalue weighted by molar-refractivity contribution is -0.101. The maximum absolute atomic E-state index is 5.72. The zero-order valence-electron chi connectivity index (χ0n) is 9.28. The van der Waals surface area contributed by atoms with Gasteiger partial charge in [-0.3, -0.25) is 0 Å². The molecule has 0 amide bonds. The SMILES string of the molecule is CNC(c1ccc(Br)cc1)C1COCCO1. The highest BCUT2D eigenvalue weighted by Gasteiger charge is 2.25. The zero-order valence-corrected chi connectivity index (χ0v) is 10.9. The monoisotopic (exact) mass is 285 g/mol. The highest BCUT2D eigenvalue weighted by atomic mass is 79.9. The van der Waals surface area contributed by atoms with Gasteiger partial charge in [-0.2, -0.15) is 0 Å². The minimum atomic E-state index is 0.0972. The Morgan fingerprint density at radius 3 is 2.62 bits per heavy atom. The first-order chi connectivity index (χ1) is 7.81. The van der Waals surface area contributed by atoms with Crippen LogP contribution in [0.4, 0.5) is 0 Å². The molecule has 2 atom stereocenters. The molecule has 1 aromatic rings. The summed E-state index contributed by atoms with van der Waals surface area (Å²) in [5.41, 5.74) is 1.22. The second-order valence-electron chi connectivity index (χ2n) is 3.80. The van der Waals surface area contributed by atoms with E-state index < -0.39 is 0 Å². The average Bonchev–Trinajstić information content (AvgIpc) is 2.34. The van der Waals surface area contributed by atoms with Gasteiger partial charge in [0.25, 0.3) is 0 Å². The van der Waals surface area contributed by atoms with Gasteiger partial charge >= 0.3 is 0 Å². The Hall–Kier alpha value is -0.420. The molecule has 2 rings (SSSR count). The van der Waals surface area contributed by atoms with E-state index >= 15 is 0 Å². The molecule has 0 saturated carbocycles. The summed E-state index contributed by atoms with van der Waals surface area (Å²) in [5, 5.41) is 3.29. The second-order valence-corrected chi connectivity index (χ2v) is 4.72. The lowest BCUT2D eigenvalue weighted by Gasteiger charge is -2.30. The highest BCUT2D eigenvalue weighted by Crippen LogP contribution is 2.22. The largest absolute Gasteiger partial charge is 0.376 e. The number of rotatable bonds is 3. The Morgan fingerprint density at radius 2 is 2.06 bits per heavy atom. The molecular formula is C12H16BrNO2. The van der Waals surface area contributed by atoms with Crippen molar-refractivity contribution in [3.05, 3.63) is 34.3 Å². The van der Waals surface area contributed by atoms with Crippen LogP contribution < -0.4 is 5.32 Å². The van der Waals surface area contributed by atoms with Gasteiger partial charge in [-0.25, -0.2) is 0 Å². The van der Waals surface area contributed by atoms with E-state index in [0.717, 1.165) is 4.47 Å². The van der Waals surface area contributed by atoms with E-state index in [4.69, 9.17) is 9.47 Å². The molecule has 88 valence electrons. The number of hydrogen-bond donors (Lipinski definition) is 1. The highest BCUT2D eigenvalue weighted by molar-refractivity contribution is 9.10. The number of ether oxygens (including phenoxy) is 2. The minimum Gasteiger partial charge on any atom is -0.376 e. The maximum atomic E-state index is 5.72. The first-order valence-electron chi connectivity index (χ1n) is 5.43. The predicted molar refractivity (Wildman–Crippen MR) is 66.5 cm³/mol. The zero-order chi connectivity index (χ0) is 11.4. The molecule has 0 radical (unpaired) electrons. The Labute approximate surface area is 104 Å². The second kappa shape index (κ2) is 5.77. The smallest absolute Gasteiger partial charge is 0.100 e. The quantitative estimate of drug-likeness (QED) is 0.923. The normalized spacial score (nSPS) is 23.0. The lowest BCUT2D eigenvalue weighted by atomic mass is 10.0. The van der Waals surface area contributed by atoms with E-state index in [2.05, 4.69) is 33.4 Å². The van der Waals surface area contributed by atoms with Crippen molar-refractivity contribution < 1.29 is 9.47 Å². The fraction of sp³-hybridized carbons (Fsp3) is 0.500. The van der Waals surface area contributed by atoms with E-state index in [1.54, 1.807) is 0 Å². The first kappa shape index (κ1) is 12.0. The van der Waals surface area contributed by atoms with Crippen LogP contribution in [-0.4, -0.2) is 33.0 Å². The summed E-state index contributed by atoms with van der Waals surface area (Å²) in [6.45, 7) is 2.04. The van der Waals surface area contributed by atoms with Crippen molar-refractivity contribution in [1.82, 2.24) is 5.32 Å². The standard InChI is InChI=1S/C12H16BrNO2/c1-14-12(11-8-15-6-7-16-11)9-2-4-10(13)5-3-9/h2-5,11-12,14H,6-8H2,1H3. The summed E-state index contributed by atoms with van der Waals surface area (Å²) in [6, 6.07) is 8.48. The van der Waals surface area contributed by atoms with Gasteiger partial charge in [0.15, 0.2) is 0 Å². The molecular weight excluding hydrogens is 270 g/mol. The van der Waals surface area contributed by atoms with Crippen LogP contribution in [0.5, 0.6) is 0 Å². The number of halogens is 1. The van der Waals surface area contributed by atoms with Gasteiger partial charge in [-0.05, 0) is 24.7 Å². The number of hydrogen-bond acceptors (Lipinski definition) is 3. The van der Waals surface area contributed by atoms with Crippen molar-refractivity contribution in [3.8, 4) is 0 Å². The number of benzene rings is 1. The van der Waals surface area contributed by atoms with Gasteiger partial charge in [0.05, 0.1) is 25.9 Å². The van der Waals surface area contributed by atoms with Crippen LogP contribution in [0, 0.1) is 0 Å². The predicted octanol–water partition coefficient (Wildman–Crippen LogP) is 2.12. The van der Waals surface area contributed by atoms with Crippen molar-refractivity contribution in [2.45, 2.75) is 12.1 Å². The van der Waals surface area contributed by atoms with Crippen molar-refractivity contribution in [1.29, 1.82) is 0 Å². The summed E-state index contributed by atoms with van der Waals surface area (Å²) >= 11 is 3.44. The summed E-state index contributed by atoms with van der Waals surface area (Å²) < 4.78 is 12.2. The summed E-state index contributed by atoms with van der Waals surface area (Å²) in [6.07, 6.45) is 0.0972. The molecule has 1 aromatic carbocycles. The number of nitrogens with one attached hydrogen (secondary N) is 1. The fourth-order valence-electron chi connectivity index (χ4n) is 1.94. The van der Waals surface area contributed by atoms with Gasteiger partial charge in [0, 0.05) is 4.47 Å². The molecule has 0 aliphatic carbocycles. The Kier molecular flexibility index (Phi) is 4.35. The molecule has 0 bridgehead atoms. The fourth-order valence-corrected chi connectivity index (χ4v) is 2.20. The molecule has 16 heavy (non-hydrogen) atoms. The molecule has 1 heterocycles. The molecule has 2 unspecified atom stereocenters. The molecule has 4 heteroatoms. The van der Waals surface area contributed by atoms with Crippen molar-refractivity contribution in [2.75, 3.05) is 26.9 Å². The van der Waals surface area contributed by atoms with Crippen LogP contribution in [0.2, 0.25) is 0 Å². The first-order valence-corrected chi connectivity index (χ1v) is 6.22. The molecule has 1 saturated heterocycles. The van der Waals surface area contributed by atoms with Gasteiger partial charge in [-0.1, -0.05) is 28.1 Å². The molecule has 1 N–H and O–H groups in total. The molecule has 0 aromatic heterocycles. The molecule has 3 nitrogen and oxygen atoms in total. The molecule has 0 spiro atoms. The van der Waals surface area contributed by atoms with Crippen molar-refractivity contribution in [2.24, 2.45) is 0 Å². The van der Waals surface area contributed by atoms with Crippen LogP contribution >= 0.6 is 15.9 Å². The van der Waals surface area contributed by atoms with Crippen molar-refractivity contribution >= 4 is 15.9 Å². The summed E-state index contributed by atoms with van der Waals surface area (Å²) in [7, 11) is 1.95. The van der Waals surface area contributed by atoms with E-state index in [1.165, 1.54) is 5.56 Å². The van der Waals surface area contributed by atoms with E-state index in [9.17, 15) is 0 Å². The summed E-state index contributed by atoms with van der Waals surface area (Å²) in [5.74, 6) is 0. The lowest BCUT2D eigenvalue weighted by Crippen LogP contribution is -2.39. The van der Waals surface area contributed by atoms with Gasteiger partial charge in [0.2, 0.25) is 0 Å². The number of likely N-dealkylation sites (N-methyl/N-ethyl adjacent to an activating group) is 1. The average molecular weight is 286 g/mol. The van der Waals surface area contributed by atoms with Gasteiger partial charge < -0.3 is 14.8 Å².